The Labute approximate surface area is 164 Å². The SMILES string of the molecule is CCNC(=NCc1ccc(-n2ccnc2C)nc1)NCCc1ccc(F)cc1. The van der Waals surface area contributed by atoms with Crippen LogP contribution in [0.3, 0.4) is 0 Å². The summed E-state index contributed by atoms with van der Waals surface area (Å²) >= 11 is 0. The van der Waals surface area contributed by atoms with Crippen LogP contribution in [0.4, 0.5) is 4.39 Å². The Kier molecular flexibility index (Phi) is 6.73. The van der Waals surface area contributed by atoms with Crippen LogP contribution in [0, 0.1) is 12.7 Å². The monoisotopic (exact) mass is 380 g/mol. The van der Waals surface area contributed by atoms with E-state index in [-0.39, 0.29) is 5.82 Å². The van der Waals surface area contributed by atoms with Crippen LogP contribution in [0.1, 0.15) is 23.9 Å². The van der Waals surface area contributed by atoms with Gasteiger partial charge in [0.25, 0.3) is 0 Å². The van der Waals surface area contributed by atoms with Crippen molar-refractivity contribution in [2.24, 2.45) is 4.99 Å². The van der Waals surface area contributed by atoms with Crippen molar-refractivity contribution in [3.8, 4) is 5.82 Å². The lowest BCUT2D eigenvalue weighted by Crippen LogP contribution is -2.38. The molecule has 0 unspecified atom stereocenters. The summed E-state index contributed by atoms with van der Waals surface area (Å²) < 4.78 is 14.9. The highest BCUT2D eigenvalue weighted by atomic mass is 19.1. The molecule has 0 aliphatic carbocycles. The first-order valence-electron chi connectivity index (χ1n) is 9.37. The van der Waals surface area contributed by atoms with Crippen LogP contribution in [0.5, 0.6) is 0 Å². The van der Waals surface area contributed by atoms with E-state index in [1.54, 1.807) is 18.3 Å². The molecule has 2 heterocycles. The summed E-state index contributed by atoms with van der Waals surface area (Å²) in [5, 5.41) is 6.54. The Morgan fingerprint density at radius 1 is 1.07 bits per heavy atom. The van der Waals surface area contributed by atoms with Crippen molar-refractivity contribution in [3.05, 3.63) is 77.8 Å². The lowest BCUT2D eigenvalue weighted by molar-refractivity contribution is 0.626. The predicted molar refractivity (Wildman–Crippen MR) is 109 cm³/mol. The maximum Gasteiger partial charge on any atom is 0.191 e. The molecule has 7 heteroatoms. The number of aryl methyl sites for hydroxylation is 1. The Hall–Kier alpha value is -3.22. The topological polar surface area (TPSA) is 67.1 Å². The maximum atomic E-state index is 13.0. The molecule has 3 rings (SSSR count). The normalized spacial score (nSPS) is 11.5. The molecule has 0 saturated carbocycles. The van der Waals surface area contributed by atoms with E-state index >= 15 is 0 Å². The zero-order chi connectivity index (χ0) is 19.8. The minimum atomic E-state index is -0.213. The van der Waals surface area contributed by atoms with Crippen LogP contribution >= 0.6 is 0 Å². The molecule has 0 saturated heterocycles. The summed E-state index contributed by atoms with van der Waals surface area (Å²) in [7, 11) is 0. The van der Waals surface area contributed by atoms with E-state index in [0.29, 0.717) is 13.1 Å². The molecule has 0 bridgehead atoms. The number of halogens is 1. The molecule has 0 radical (unpaired) electrons. The van der Waals surface area contributed by atoms with Gasteiger partial charge in [-0.05, 0) is 49.6 Å². The summed E-state index contributed by atoms with van der Waals surface area (Å²) in [6.45, 7) is 6.00. The third kappa shape index (κ3) is 5.39. The van der Waals surface area contributed by atoms with Gasteiger partial charge in [0, 0.05) is 31.7 Å². The highest BCUT2D eigenvalue weighted by Crippen LogP contribution is 2.09. The number of hydrogen-bond donors (Lipinski definition) is 2. The summed E-state index contributed by atoms with van der Waals surface area (Å²) in [6.07, 6.45) is 6.28. The van der Waals surface area contributed by atoms with Gasteiger partial charge in [-0.25, -0.2) is 19.4 Å². The number of pyridine rings is 1. The number of rotatable bonds is 7. The van der Waals surface area contributed by atoms with Crippen molar-refractivity contribution < 1.29 is 4.39 Å². The second kappa shape index (κ2) is 9.64. The molecule has 0 atom stereocenters. The minimum absolute atomic E-state index is 0.213. The first kappa shape index (κ1) is 19.5. The molecule has 2 N–H and O–H groups in total. The lowest BCUT2D eigenvalue weighted by atomic mass is 10.1. The van der Waals surface area contributed by atoms with Crippen molar-refractivity contribution in [2.75, 3.05) is 13.1 Å². The number of benzene rings is 1. The largest absolute Gasteiger partial charge is 0.357 e. The van der Waals surface area contributed by atoms with E-state index in [2.05, 4.69) is 25.6 Å². The van der Waals surface area contributed by atoms with Gasteiger partial charge in [0.15, 0.2) is 5.96 Å². The van der Waals surface area contributed by atoms with Crippen molar-refractivity contribution in [1.82, 2.24) is 25.2 Å². The molecule has 2 aromatic heterocycles. The number of aliphatic imine (C=N–C) groups is 1. The Bertz CT molecular complexity index is 899. The molecule has 0 spiro atoms. The number of imidazole rings is 1. The first-order chi connectivity index (χ1) is 13.7. The molecule has 0 amide bonds. The van der Waals surface area contributed by atoms with E-state index < -0.39 is 0 Å². The molecule has 6 nitrogen and oxygen atoms in total. The van der Waals surface area contributed by atoms with E-state index in [9.17, 15) is 4.39 Å². The zero-order valence-electron chi connectivity index (χ0n) is 16.2. The number of nitrogens with zero attached hydrogens (tertiary/aromatic N) is 4. The third-order valence-electron chi connectivity index (χ3n) is 4.27. The van der Waals surface area contributed by atoms with Crippen molar-refractivity contribution in [2.45, 2.75) is 26.8 Å². The molecular weight excluding hydrogens is 355 g/mol. The van der Waals surface area contributed by atoms with Crippen LogP contribution in [0.2, 0.25) is 0 Å². The molecular formula is C21H25FN6. The van der Waals surface area contributed by atoms with Gasteiger partial charge in [-0.15, -0.1) is 0 Å². The van der Waals surface area contributed by atoms with Crippen LogP contribution in [-0.4, -0.2) is 33.6 Å². The smallest absolute Gasteiger partial charge is 0.191 e. The van der Waals surface area contributed by atoms with Crippen molar-refractivity contribution in [3.63, 3.8) is 0 Å². The number of aromatic nitrogens is 3. The second-order valence-corrected chi connectivity index (χ2v) is 6.37. The van der Waals surface area contributed by atoms with Crippen LogP contribution in [0.15, 0.2) is 60.0 Å². The molecule has 0 aliphatic heterocycles. The summed E-state index contributed by atoms with van der Waals surface area (Å²) in [5.41, 5.74) is 2.11. The van der Waals surface area contributed by atoms with E-state index in [0.717, 1.165) is 41.7 Å². The average molecular weight is 380 g/mol. The van der Waals surface area contributed by atoms with Gasteiger partial charge in [0.05, 0.1) is 6.54 Å². The first-order valence-corrected chi connectivity index (χ1v) is 9.37. The number of nitrogens with one attached hydrogen (secondary N) is 2. The van der Waals surface area contributed by atoms with Gasteiger partial charge >= 0.3 is 0 Å². The van der Waals surface area contributed by atoms with Crippen molar-refractivity contribution in [1.29, 1.82) is 0 Å². The van der Waals surface area contributed by atoms with Gasteiger partial charge < -0.3 is 10.6 Å². The van der Waals surface area contributed by atoms with Gasteiger partial charge in [0.2, 0.25) is 0 Å². The summed E-state index contributed by atoms with van der Waals surface area (Å²) in [6, 6.07) is 10.6. The molecule has 146 valence electrons. The highest BCUT2D eigenvalue weighted by molar-refractivity contribution is 5.79. The zero-order valence-corrected chi connectivity index (χ0v) is 16.2. The Morgan fingerprint density at radius 2 is 1.86 bits per heavy atom. The van der Waals surface area contributed by atoms with Crippen LogP contribution in [0.25, 0.3) is 5.82 Å². The molecule has 3 aromatic rings. The Balaban J connectivity index is 1.56. The fourth-order valence-corrected chi connectivity index (χ4v) is 2.76. The number of guanidine groups is 1. The fraction of sp³-hybridized carbons (Fsp3) is 0.286. The van der Waals surface area contributed by atoms with Gasteiger partial charge in [0.1, 0.15) is 17.5 Å². The standard InChI is InChI=1S/C21H25FN6/c1-3-23-21(25-11-10-17-4-7-19(22)8-5-17)27-15-18-6-9-20(26-14-18)28-13-12-24-16(28)2/h4-9,12-14H,3,10-11,15H2,1-2H3,(H2,23,25,27). The number of hydrogen-bond acceptors (Lipinski definition) is 3. The molecule has 0 fully saturated rings. The highest BCUT2D eigenvalue weighted by Gasteiger charge is 2.03. The molecule has 1 aromatic carbocycles. The van der Waals surface area contributed by atoms with Gasteiger partial charge in [-0.1, -0.05) is 18.2 Å². The van der Waals surface area contributed by atoms with E-state index in [1.165, 1.54) is 12.1 Å². The quantitative estimate of drug-likeness (QED) is 0.488. The predicted octanol–water partition coefficient (Wildman–Crippen LogP) is 3.01. The summed E-state index contributed by atoms with van der Waals surface area (Å²) in [4.78, 5) is 13.3. The van der Waals surface area contributed by atoms with Crippen LogP contribution < -0.4 is 10.6 Å². The van der Waals surface area contributed by atoms with E-state index in [4.69, 9.17) is 0 Å². The van der Waals surface area contributed by atoms with Gasteiger partial charge in [-0.2, -0.15) is 0 Å². The van der Waals surface area contributed by atoms with Gasteiger partial charge in [-0.3, -0.25) is 4.57 Å². The maximum absolute atomic E-state index is 13.0. The van der Waals surface area contributed by atoms with Crippen molar-refractivity contribution >= 4 is 5.96 Å². The lowest BCUT2D eigenvalue weighted by Gasteiger charge is -2.11. The average Bonchev–Trinajstić information content (AvgIpc) is 3.14. The Morgan fingerprint density at radius 3 is 2.50 bits per heavy atom. The fourth-order valence-electron chi connectivity index (χ4n) is 2.76. The van der Waals surface area contributed by atoms with Crippen LogP contribution in [-0.2, 0) is 13.0 Å². The van der Waals surface area contributed by atoms with E-state index in [1.807, 2.05) is 42.9 Å². The molecule has 28 heavy (non-hydrogen) atoms. The minimum Gasteiger partial charge on any atom is -0.357 e. The molecule has 0 aliphatic rings. The summed E-state index contributed by atoms with van der Waals surface area (Å²) in [5.74, 6) is 2.28. The third-order valence-corrected chi connectivity index (χ3v) is 4.27. The second-order valence-electron chi connectivity index (χ2n) is 6.37.